The number of benzene rings is 1. The van der Waals surface area contributed by atoms with Crippen molar-refractivity contribution in [3.8, 4) is 17.2 Å². The topological polar surface area (TPSA) is 84.3 Å². The normalized spacial score (nSPS) is 14.1. The molecule has 11 heteroatoms. The molecule has 1 aromatic heterocycles. The van der Waals surface area contributed by atoms with Crippen LogP contribution < -0.4 is 24.4 Å². The standard InChI is InChI=1S/C21H32N6O3S.HI/c1-6-19-24-21(31-25-19)27-10-8-26(9-11-27)20(22-7-2)23-14-16-17(29-4)12-15(28-3)13-18(16)30-5;/h12-13H,6-11,14H2,1-5H3,(H,22,23);1H. The van der Waals surface area contributed by atoms with Crippen molar-refractivity contribution in [2.45, 2.75) is 26.8 Å². The molecule has 0 saturated carbocycles. The number of hydrogen-bond donors (Lipinski definition) is 1. The van der Waals surface area contributed by atoms with Crippen LogP contribution in [0.2, 0.25) is 0 Å². The van der Waals surface area contributed by atoms with E-state index in [1.165, 1.54) is 11.5 Å². The van der Waals surface area contributed by atoms with Crippen molar-refractivity contribution < 1.29 is 14.2 Å². The predicted octanol–water partition coefficient (Wildman–Crippen LogP) is 3.03. The Balaban J connectivity index is 0.00000363. The summed E-state index contributed by atoms with van der Waals surface area (Å²) in [6, 6.07) is 3.71. The summed E-state index contributed by atoms with van der Waals surface area (Å²) in [6.45, 7) is 8.90. The third kappa shape index (κ3) is 6.27. The number of halogens is 1. The minimum Gasteiger partial charge on any atom is -0.496 e. The number of aliphatic imine (C=N–C) groups is 1. The highest BCUT2D eigenvalue weighted by Crippen LogP contribution is 2.34. The van der Waals surface area contributed by atoms with Crippen molar-refractivity contribution in [3.05, 3.63) is 23.5 Å². The molecule has 2 aromatic rings. The van der Waals surface area contributed by atoms with Crippen LogP contribution in [0.1, 0.15) is 25.2 Å². The Morgan fingerprint density at radius 1 is 1.06 bits per heavy atom. The van der Waals surface area contributed by atoms with Crippen molar-refractivity contribution in [2.75, 3.05) is 59.0 Å². The molecule has 0 atom stereocenters. The third-order valence-corrected chi connectivity index (χ3v) is 5.98. The molecule has 1 aliphatic rings. The number of hydrogen-bond acceptors (Lipinski definition) is 8. The van der Waals surface area contributed by atoms with E-state index in [4.69, 9.17) is 19.2 Å². The van der Waals surface area contributed by atoms with Crippen molar-refractivity contribution >= 4 is 46.6 Å². The van der Waals surface area contributed by atoms with E-state index in [9.17, 15) is 0 Å². The Bertz CT molecular complexity index is 861. The smallest absolute Gasteiger partial charge is 0.205 e. The summed E-state index contributed by atoms with van der Waals surface area (Å²) in [6.07, 6.45) is 0.867. The maximum Gasteiger partial charge on any atom is 0.205 e. The summed E-state index contributed by atoms with van der Waals surface area (Å²) in [5.41, 5.74) is 0.890. The first kappa shape index (κ1) is 26.2. The van der Waals surface area contributed by atoms with Crippen LogP contribution in [0.15, 0.2) is 17.1 Å². The molecule has 32 heavy (non-hydrogen) atoms. The van der Waals surface area contributed by atoms with Gasteiger partial charge in [0.1, 0.15) is 23.1 Å². The van der Waals surface area contributed by atoms with Gasteiger partial charge in [0.25, 0.3) is 0 Å². The number of guanidine groups is 1. The molecule has 1 fully saturated rings. The lowest BCUT2D eigenvalue weighted by molar-refractivity contribution is 0.365. The van der Waals surface area contributed by atoms with Crippen molar-refractivity contribution in [1.82, 2.24) is 19.6 Å². The Kier molecular flexibility index (Phi) is 10.6. The summed E-state index contributed by atoms with van der Waals surface area (Å²) < 4.78 is 20.9. The van der Waals surface area contributed by atoms with E-state index in [0.717, 1.165) is 61.6 Å². The second-order valence-electron chi connectivity index (χ2n) is 7.00. The number of aryl methyl sites for hydroxylation is 1. The molecule has 2 heterocycles. The maximum absolute atomic E-state index is 5.56. The Morgan fingerprint density at radius 3 is 2.22 bits per heavy atom. The number of anilines is 1. The number of ether oxygens (including phenoxy) is 3. The summed E-state index contributed by atoms with van der Waals surface area (Å²) in [5, 5.41) is 4.42. The van der Waals surface area contributed by atoms with Gasteiger partial charge in [0.05, 0.1) is 33.4 Å². The molecule has 9 nitrogen and oxygen atoms in total. The summed E-state index contributed by atoms with van der Waals surface area (Å²) in [5.74, 6) is 3.88. The quantitative estimate of drug-likeness (QED) is 0.292. The molecular weight excluding hydrogens is 543 g/mol. The van der Waals surface area contributed by atoms with Gasteiger partial charge in [-0.15, -0.1) is 24.0 Å². The fourth-order valence-corrected chi connectivity index (χ4v) is 4.24. The maximum atomic E-state index is 5.56. The predicted molar refractivity (Wildman–Crippen MR) is 139 cm³/mol. The van der Waals surface area contributed by atoms with Crippen LogP contribution in [-0.2, 0) is 13.0 Å². The minimum absolute atomic E-state index is 0. The molecule has 1 aliphatic heterocycles. The minimum atomic E-state index is 0. The van der Waals surface area contributed by atoms with E-state index in [1.54, 1.807) is 21.3 Å². The average Bonchev–Trinajstić information content (AvgIpc) is 3.30. The van der Waals surface area contributed by atoms with Gasteiger partial charge in [-0.25, -0.2) is 9.98 Å². The average molecular weight is 577 g/mol. The second kappa shape index (κ2) is 12.9. The molecule has 1 saturated heterocycles. The van der Waals surface area contributed by atoms with Crippen LogP contribution in [-0.4, -0.2) is 74.3 Å². The molecule has 0 unspecified atom stereocenters. The molecule has 178 valence electrons. The second-order valence-corrected chi connectivity index (χ2v) is 7.73. The van der Waals surface area contributed by atoms with E-state index in [2.05, 4.69) is 38.3 Å². The SMILES string of the molecule is CCNC(=NCc1c(OC)cc(OC)cc1OC)N1CCN(c2nc(CC)ns2)CC1.I. The van der Waals surface area contributed by atoms with Crippen LogP contribution >= 0.6 is 35.5 Å². The van der Waals surface area contributed by atoms with Crippen molar-refractivity contribution in [1.29, 1.82) is 0 Å². The van der Waals surface area contributed by atoms with Gasteiger partial charge in [-0.3, -0.25) is 0 Å². The molecule has 0 spiro atoms. The lowest BCUT2D eigenvalue weighted by Gasteiger charge is -2.36. The highest BCUT2D eigenvalue weighted by molar-refractivity contribution is 14.0. The molecule has 1 aromatic carbocycles. The van der Waals surface area contributed by atoms with E-state index < -0.39 is 0 Å². The lowest BCUT2D eigenvalue weighted by atomic mass is 10.1. The summed E-state index contributed by atoms with van der Waals surface area (Å²) in [4.78, 5) is 14.1. The van der Waals surface area contributed by atoms with Gasteiger partial charge in [-0.1, -0.05) is 6.92 Å². The van der Waals surface area contributed by atoms with Crippen molar-refractivity contribution in [3.63, 3.8) is 0 Å². The van der Waals surface area contributed by atoms with Crippen LogP contribution in [0.4, 0.5) is 5.13 Å². The molecule has 0 aliphatic carbocycles. The first-order chi connectivity index (χ1) is 15.1. The molecule has 0 amide bonds. The Morgan fingerprint density at radius 2 is 1.72 bits per heavy atom. The molecule has 1 N–H and O–H groups in total. The van der Waals surface area contributed by atoms with Crippen molar-refractivity contribution in [2.24, 2.45) is 4.99 Å². The van der Waals surface area contributed by atoms with E-state index >= 15 is 0 Å². The van der Waals surface area contributed by atoms with E-state index in [0.29, 0.717) is 23.8 Å². The highest BCUT2D eigenvalue weighted by Gasteiger charge is 2.22. The monoisotopic (exact) mass is 576 g/mol. The zero-order chi connectivity index (χ0) is 22.2. The Hall–Kier alpha value is -2.02. The largest absolute Gasteiger partial charge is 0.496 e. The zero-order valence-electron chi connectivity index (χ0n) is 19.4. The van der Waals surface area contributed by atoms with Gasteiger partial charge < -0.3 is 29.3 Å². The fourth-order valence-electron chi connectivity index (χ4n) is 3.44. The van der Waals surface area contributed by atoms with E-state index in [1.807, 2.05) is 12.1 Å². The van der Waals surface area contributed by atoms with Crippen LogP contribution in [0.5, 0.6) is 17.2 Å². The number of rotatable bonds is 8. The first-order valence-corrected chi connectivity index (χ1v) is 11.3. The van der Waals surface area contributed by atoms with Gasteiger partial charge in [0.15, 0.2) is 5.96 Å². The number of nitrogens with zero attached hydrogens (tertiary/aromatic N) is 5. The highest BCUT2D eigenvalue weighted by atomic mass is 127. The zero-order valence-corrected chi connectivity index (χ0v) is 22.5. The third-order valence-electron chi connectivity index (χ3n) is 5.16. The van der Waals surface area contributed by atoms with E-state index in [-0.39, 0.29) is 24.0 Å². The van der Waals surface area contributed by atoms with Crippen LogP contribution in [0.3, 0.4) is 0 Å². The van der Waals surface area contributed by atoms with Crippen LogP contribution in [0, 0.1) is 0 Å². The number of nitrogens with one attached hydrogen (secondary N) is 1. The number of methoxy groups -OCH3 is 3. The number of piperazine rings is 1. The van der Waals surface area contributed by atoms with Crippen LogP contribution in [0.25, 0.3) is 0 Å². The van der Waals surface area contributed by atoms with Gasteiger partial charge in [-0.05, 0) is 6.92 Å². The number of aromatic nitrogens is 2. The molecule has 3 rings (SSSR count). The molecular formula is C21H33IN6O3S. The summed E-state index contributed by atoms with van der Waals surface area (Å²) >= 11 is 1.48. The molecule has 0 bridgehead atoms. The summed E-state index contributed by atoms with van der Waals surface area (Å²) in [7, 11) is 4.91. The fraction of sp³-hybridized carbons (Fsp3) is 0.571. The Labute approximate surface area is 211 Å². The lowest BCUT2D eigenvalue weighted by Crippen LogP contribution is -2.52. The van der Waals surface area contributed by atoms with Gasteiger partial charge in [-0.2, -0.15) is 4.37 Å². The van der Waals surface area contributed by atoms with Gasteiger partial charge >= 0.3 is 0 Å². The van der Waals surface area contributed by atoms with Gasteiger partial charge in [0, 0.05) is 62.8 Å². The van der Waals surface area contributed by atoms with Gasteiger partial charge in [0.2, 0.25) is 5.13 Å². The molecule has 0 radical (unpaired) electrons. The first-order valence-electron chi connectivity index (χ1n) is 10.5.